The summed E-state index contributed by atoms with van der Waals surface area (Å²) in [5.41, 5.74) is 1.62. The van der Waals surface area contributed by atoms with E-state index >= 15 is 0 Å². The summed E-state index contributed by atoms with van der Waals surface area (Å²) in [5.74, 6) is 0.723. The normalized spacial score (nSPS) is 10.0. The van der Waals surface area contributed by atoms with E-state index in [4.69, 9.17) is 10.00 Å². The van der Waals surface area contributed by atoms with Crippen molar-refractivity contribution in [3.63, 3.8) is 0 Å². The molecule has 5 heteroatoms. The molecule has 0 bridgehead atoms. The monoisotopic (exact) mass is 269 g/mol. The topological polar surface area (TPSA) is 67.9 Å². The second-order valence-corrected chi connectivity index (χ2v) is 4.43. The molecular formula is C15H15N3O2. The van der Waals surface area contributed by atoms with Crippen LogP contribution in [0.1, 0.15) is 11.1 Å². The quantitative estimate of drug-likeness (QED) is 0.828. The second-order valence-electron chi connectivity index (χ2n) is 4.43. The first-order valence-electron chi connectivity index (χ1n) is 6.31. The van der Waals surface area contributed by atoms with Gasteiger partial charge in [-0.15, -0.1) is 0 Å². The van der Waals surface area contributed by atoms with Gasteiger partial charge < -0.3 is 4.74 Å². The molecule has 1 aromatic carbocycles. The highest BCUT2D eigenvalue weighted by Gasteiger charge is 1.99. The van der Waals surface area contributed by atoms with Crippen LogP contribution in [-0.4, -0.2) is 16.2 Å². The Balaban J connectivity index is 1.91. The zero-order chi connectivity index (χ0) is 14.4. The van der Waals surface area contributed by atoms with Gasteiger partial charge in [0.15, 0.2) is 0 Å². The molecule has 0 aliphatic heterocycles. The highest BCUT2D eigenvalue weighted by atomic mass is 16.5. The summed E-state index contributed by atoms with van der Waals surface area (Å²) in [7, 11) is 0. The van der Waals surface area contributed by atoms with Gasteiger partial charge in [0.1, 0.15) is 12.4 Å². The van der Waals surface area contributed by atoms with Gasteiger partial charge in [0.25, 0.3) is 0 Å². The number of hydrogen-bond donors (Lipinski definition) is 0. The molecule has 0 spiro atoms. The van der Waals surface area contributed by atoms with Crippen molar-refractivity contribution >= 4 is 0 Å². The Morgan fingerprint density at radius 3 is 2.80 bits per heavy atom. The van der Waals surface area contributed by atoms with Crippen LogP contribution in [0.3, 0.4) is 0 Å². The Bertz CT molecular complexity index is 669. The summed E-state index contributed by atoms with van der Waals surface area (Å²) in [5, 5.41) is 8.59. The molecule has 0 atom stereocenters. The third-order valence-electron chi connectivity index (χ3n) is 2.79. The zero-order valence-electron chi connectivity index (χ0n) is 11.2. The van der Waals surface area contributed by atoms with Gasteiger partial charge in [0, 0.05) is 12.4 Å². The molecule has 20 heavy (non-hydrogen) atoms. The van der Waals surface area contributed by atoms with E-state index in [9.17, 15) is 4.79 Å². The van der Waals surface area contributed by atoms with Crippen molar-refractivity contribution < 1.29 is 4.74 Å². The van der Waals surface area contributed by atoms with Gasteiger partial charge in [0.05, 0.1) is 19.0 Å². The third kappa shape index (κ3) is 3.69. The van der Waals surface area contributed by atoms with Gasteiger partial charge in [-0.25, -0.2) is 9.78 Å². The standard InChI is InChI=1S/C15H15N3O2/c1-12-10-17-15(19)18(11-12)8-9-20-14-4-2-13(3-5-14)6-7-16/h2-5,10-11H,6,8-9H2,1H3. The number of nitrogens with zero attached hydrogens (tertiary/aromatic N) is 3. The van der Waals surface area contributed by atoms with Crippen molar-refractivity contribution in [2.45, 2.75) is 19.9 Å². The van der Waals surface area contributed by atoms with Crippen molar-refractivity contribution in [3.05, 3.63) is 58.3 Å². The summed E-state index contributed by atoms with van der Waals surface area (Å²) in [4.78, 5) is 15.3. The number of aromatic nitrogens is 2. The molecule has 2 rings (SSSR count). The van der Waals surface area contributed by atoms with Crippen LogP contribution < -0.4 is 10.4 Å². The Hall–Kier alpha value is -2.61. The number of ether oxygens (including phenoxy) is 1. The van der Waals surface area contributed by atoms with Crippen LogP contribution in [0, 0.1) is 18.3 Å². The van der Waals surface area contributed by atoms with Crippen molar-refractivity contribution in [2.75, 3.05) is 6.61 Å². The van der Waals surface area contributed by atoms with Gasteiger partial charge in [0.2, 0.25) is 0 Å². The fraction of sp³-hybridized carbons (Fsp3) is 0.267. The van der Waals surface area contributed by atoms with Gasteiger partial charge in [-0.05, 0) is 30.2 Å². The van der Waals surface area contributed by atoms with Crippen LogP contribution in [-0.2, 0) is 13.0 Å². The highest BCUT2D eigenvalue weighted by Crippen LogP contribution is 2.12. The first-order chi connectivity index (χ1) is 9.69. The summed E-state index contributed by atoms with van der Waals surface area (Å²) in [6.45, 7) is 2.73. The van der Waals surface area contributed by atoms with Crippen molar-refractivity contribution in [2.24, 2.45) is 0 Å². The van der Waals surface area contributed by atoms with Gasteiger partial charge in [-0.2, -0.15) is 5.26 Å². The van der Waals surface area contributed by atoms with Gasteiger partial charge in [-0.3, -0.25) is 4.57 Å². The lowest BCUT2D eigenvalue weighted by Crippen LogP contribution is -2.25. The van der Waals surface area contributed by atoms with E-state index < -0.39 is 0 Å². The lowest BCUT2D eigenvalue weighted by atomic mass is 10.2. The smallest absolute Gasteiger partial charge is 0.347 e. The molecule has 0 unspecified atom stereocenters. The van der Waals surface area contributed by atoms with E-state index in [0.29, 0.717) is 19.6 Å². The van der Waals surface area contributed by atoms with Crippen LogP contribution in [0.15, 0.2) is 41.5 Å². The van der Waals surface area contributed by atoms with Crippen molar-refractivity contribution in [3.8, 4) is 11.8 Å². The van der Waals surface area contributed by atoms with Crippen LogP contribution >= 0.6 is 0 Å². The first-order valence-corrected chi connectivity index (χ1v) is 6.31. The molecule has 102 valence electrons. The molecule has 1 aromatic heterocycles. The minimum absolute atomic E-state index is 0.274. The largest absolute Gasteiger partial charge is 0.492 e. The predicted molar refractivity (Wildman–Crippen MR) is 74.5 cm³/mol. The summed E-state index contributed by atoms with van der Waals surface area (Å²) in [6, 6.07) is 9.46. The minimum Gasteiger partial charge on any atom is -0.492 e. The minimum atomic E-state index is -0.274. The molecular weight excluding hydrogens is 254 g/mol. The Labute approximate surface area is 117 Å². The summed E-state index contributed by atoms with van der Waals surface area (Å²) < 4.78 is 7.09. The predicted octanol–water partition coefficient (Wildman–Crippen LogP) is 1.70. The molecule has 0 aliphatic carbocycles. The van der Waals surface area contributed by atoms with Crippen molar-refractivity contribution in [1.29, 1.82) is 5.26 Å². The average molecular weight is 269 g/mol. The Morgan fingerprint density at radius 1 is 1.35 bits per heavy atom. The number of nitriles is 1. The summed E-state index contributed by atoms with van der Waals surface area (Å²) >= 11 is 0. The van der Waals surface area contributed by atoms with Gasteiger partial charge >= 0.3 is 5.69 Å². The lowest BCUT2D eigenvalue weighted by Gasteiger charge is -2.08. The number of benzene rings is 1. The van der Waals surface area contributed by atoms with Crippen molar-refractivity contribution in [1.82, 2.24) is 9.55 Å². The Morgan fingerprint density at radius 2 is 2.10 bits per heavy atom. The number of hydrogen-bond acceptors (Lipinski definition) is 4. The Kier molecular flexibility index (Phi) is 4.51. The lowest BCUT2D eigenvalue weighted by molar-refractivity contribution is 0.295. The molecule has 0 radical (unpaired) electrons. The molecule has 1 heterocycles. The molecule has 0 fully saturated rings. The first kappa shape index (κ1) is 13.8. The maximum absolute atomic E-state index is 11.5. The average Bonchev–Trinajstić information content (AvgIpc) is 2.45. The SMILES string of the molecule is Cc1cnc(=O)n(CCOc2ccc(CC#N)cc2)c1. The van der Waals surface area contributed by atoms with E-state index in [1.807, 2.05) is 31.2 Å². The van der Waals surface area contributed by atoms with Crippen LogP contribution in [0.2, 0.25) is 0 Å². The molecule has 2 aromatic rings. The van der Waals surface area contributed by atoms with Crippen LogP contribution in [0.4, 0.5) is 0 Å². The second kappa shape index (κ2) is 6.53. The fourth-order valence-electron chi connectivity index (χ4n) is 1.78. The van der Waals surface area contributed by atoms with E-state index in [0.717, 1.165) is 16.9 Å². The molecule has 0 aliphatic rings. The van der Waals surface area contributed by atoms with E-state index in [1.54, 1.807) is 12.4 Å². The maximum atomic E-state index is 11.5. The molecule has 0 saturated heterocycles. The number of rotatable bonds is 5. The number of aryl methyl sites for hydroxylation is 1. The van der Waals surface area contributed by atoms with E-state index in [2.05, 4.69) is 11.1 Å². The van der Waals surface area contributed by atoms with Crippen LogP contribution in [0.5, 0.6) is 5.75 Å². The summed E-state index contributed by atoms with van der Waals surface area (Å²) in [6.07, 6.45) is 3.70. The van der Waals surface area contributed by atoms with E-state index in [-0.39, 0.29) is 5.69 Å². The third-order valence-corrected chi connectivity index (χ3v) is 2.79. The molecule has 5 nitrogen and oxygen atoms in total. The molecule has 0 amide bonds. The van der Waals surface area contributed by atoms with Gasteiger partial charge in [-0.1, -0.05) is 12.1 Å². The fourth-order valence-corrected chi connectivity index (χ4v) is 1.78. The molecule has 0 saturated carbocycles. The zero-order valence-corrected chi connectivity index (χ0v) is 11.2. The maximum Gasteiger partial charge on any atom is 0.347 e. The van der Waals surface area contributed by atoms with Crippen LogP contribution in [0.25, 0.3) is 0 Å². The van der Waals surface area contributed by atoms with E-state index in [1.165, 1.54) is 4.57 Å². The highest BCUT2D eigenvalue weighted by molar-refractivity contribution is 5.28. The molecule has 0 N–H and O–H groups in total.